The van der Waals surface area contributed by atoms with E-state index in [2.05, 4.69) is 42.4 Å². The summed E-state index contributed by atoms with van der Waals surface area (Å²) in [6.07, 6.45) is -5.65. The van der Waals surface area contributed by atoms with E-state index < -0.39 is 124 Å². The molecule has 12 rings (SSSR count). The maximum atomic E-state index is 16.7. The van der Waals surface area contributed by atoms with Crippen molar-refractivity contribution in [3.63, 3.8) is 0 Å². The maximum absolute atomic E-state index is 16.7. The lowest BCUT2D eigenvalue weighted by molar-refractivity contribution is -0.118. The summed E-state index contributed by atoms with van der Waals surface area (Å²) in [6.45, 7) is 15.2. The minimum absolute atomic E-state index is 0.00124. The molecule has 0 aliphatic carbocycles. The number of aryl methyl sites for hydroxylation is 2. The number of anilines is 1. The van der Waals surface area contributed by atoms with Crippen molar-refractivity contribution >= 4 is 62.6 Å². The summed E-state index contributed by atoms with van der Waals surface area (Å²) in [7, 11) is -4.10. The van der Waals surface area contributed by atoms with Gasteiger partial charge in [0, 0.05) is 72.8 Å². The molecule has 0 bridgehead atoms. The number of hydrogen-bond donors (Lipinski definition) is 4. The maximum Gasteiger partial charge on any atom is 0.530 e. The summed E-state index contributed by atoms with van der Waals surface area (Å²) < 4.78 is 96.2. The van der Waals surface area contributed by atoms with Crippen molar-refractivity contribution in [2.24, 2.45) is 5.92 Å². The van der Waals surface area contributed by atoms with Crippen LogP contribution in [0.2, 0.25) is 10.0 Å². The number of halogens is 2. The fraction of sp³-hybridized carbons (Fsp3) is 0.408. The molecule has 4 aromatic heterocycles. The molecule has 575 valence electrons. The van der Waals surface area contributed by atoms with Crippen molar-refractivity contribution in [1.82, 2.24) is 43.3 Å². The number of ether oxygens (including phenoxy) is 6. The first kappa shape index (κ1) is 79.6. The molecule has 3 fully saturated rings. The third-order valence-corrected chi connectivity index (χ3v) is 23.5. The molecule has 0 saturated carbocycles. The normalized spacial score (nSPS) is 21.0. The molecule has 11 atom stereocenters. The Morgan fingerprint density at radius 3 is 1.92 bits per heavy atom. The zero-order chi connectivity index (χ0) is 77.8. The third-order valence-electron chi connectivity index (χ3n) is 19.2. The number of aromatic nitrogens is 8. The fourth-order valence-corrected chi connectivity index (χ4v) is 17.4. The van der Waals surface area contributed by atoms with E-state index in [0.29, 0.717) is 39.3 Å². The Morgan fingerprint density at radius 2 is 1.32 bits per heavy atom. The number of methoxy groups -OCH3 is 2. The van der Waals surface area contributed by atoms with E-state index >= 15 is 4.57 Å². The zero-order valence-corrected chi connectivity index (χ0v) is 64.9. The summed E-state index contributed by atoms with van der Waals surface area (Å²) in [5.41, 5.74) is -1.24. The van der Waals surface area contributed by atoms with Crippen molar-refractivity contribution in [3.8, 4) is 23.3 Å². The highest BCUT2D eigenvalue weighted by Crippen LogP contribution is 2.59. The lowest BCUT2D eigenvalue weighted by Crippen LogP contribution is -2.37. The lowest BCUT2D eigenvalue weighted by Gasteiger charge is -2.37. The van der Waals surface area contributed by atoms with Crippen molar-refractivity contribution in [2.75, 3.05) is 39.4 Å². The second-order valence-electron chi connectivity index (χ2n) is 27.4. The Morgan fingerprint density at radius 1 is 0.743 bits per heavy atom. The highest BCUT2D eigenvalue weighted by Gasteiger charge is 2.51. The minimum atomic E-state index is -5.24. The summed E-state index contributed by atoms with van der Waals surface area (Å²) >= 11 is 14.1. The van der Waals surface area contributed by atoms with Crippen LogP contribution in [0.3, 0.4) is 0 Å². The van der Waals surface area contributed by atoms with Gasteiger partial charge in [-0.25, -0.2) is 23.8 Å². The number of amides is 1. The highest BCUT2D eigenvalue weighted by molar-refractivity contribution is 7.49. The third kappa shape index (κ3) is 17.2. The van der Waals surface area contributed by atoms with Crippen molar-refractivity contribution in [3.05, 3.63) is 241 Å². The standard InChI is InChI=1S/C76H84Cl2N11O18P2/c1-42(2)69(90)82-73-81-68-66(72(93)83-73)80-41-88(68)64-35-58(105-108(100-33-17-32-79)89(43(3)4)44(5)6)61(103-64)40-101-109(96,106-57-21-16-15-20-56(57)78)107-59-36-63(87-38-46(8)71(92)85-75(87)95)104-67(59)65-47(9)55(77)31-30-53(65)54-34-62(86-37-45(7)70(91)84-74(86)94)102-60(54)39-99-76(48-18-13-12-14-19-48,49-22-26-51(97-10)27-23-49)50-24-28-52(98-11)29-25-50/h12-16,18-30,37-38,41-44,54,58-64,67H,17,33-36,39-40H2,1-11H3,(H,84,91,94)(H,85,92,95)(H2,81,82,83,90,93)/t54-,58-,59-,60-,61+,62+,63+,64+,67-,108?,109?/m0/s1. The van der Waals surface area contributed by atoms with Crippen LogP contribution in [0.4, 0.5) is 5.95 Å². The number of hydrogen-bond acceptors (Lipinski definition) is 22. The molecular weight excluding hydrogens is 1490 g/mol. The quantitative estimate of drug-likeness (QED) is 0.0184. The molecule has 109 heavy (non-hydrogen) atoms. The minimum Gasteiger partial charge on any atom is -0.497 e. The fourth-order valence-electron chi connectivity index (χ4n) is 13.8. The zero-order valence-electron chi connectivity index (χ0n) is 61.6. The van der Waals surface area contributed by atoms with Gasteiger partial charge in [-0.3, -0.25) is 62.2 Å². The molecule has 1 amide bonds. The number of fused-ring (bicyclic) bond motifs is 1. The Hall–Kier alpha value is -8.95. The first-order chi connectivity index (χ1) is 52.2. The number of para-hydroxylation sites is 1. The van der Waals surface area contributed by atoms with Gasteiger partial charge in [0.25, 0.3) is 25.2 Å². The second kappa shape index (κ2) is 34.1. The van der Waals surface area contributed by atoms with Gasteiger partial charge in [0.2, 0.25) is 11.9 Å². The van der Waals surface area contributed by atoms with Gasteiger partial charge < -0.3 is 42.0 Å². The van der Waals surface area contributed by atoms with Crippen LogP contribution in [0.1, 0.15) is 142 Å². The van der Waals surface area contributed by atoms with Crippen molar-refractivity contribution < 1.29 is 60.4 Å². The monoisotopic (exact) mass is 1570 g/mol. The first-order valence-electron chi connectivity index (χ1n) is 35.4. The Kier molecular flexibility index (Phi) is 24.9. The largest absolute Gasteiger partial charge is 0.530 e. The molecule has 1 radical (unpaired) electrons. The molecule has 3 saturated heterocycles. The number of nitrogens with one attached hydrogen (secondary N) is 4. The number of rotatable bonds is 30. The van der Waals surface area contributed by atoms with E-state index in [1.54, 1.807) is 60.1 Å². The average molecular weight is 1570 g/mol. The van der Waals surface area contributed by atoms with E-state index in [0.717, 1.165) is 5.56 Å². The topological polar surface area (TPSA) is 348 Å². The van der Waals surface area contributed by atoms with Crippen LogP contribution in [0.15, 0.2) is 152 Å². The lowest BCUT2D eigenvalue weighted by atomic mass is 9.79. The van der Waals surface area contributed by atoms with Crippen LogP contribution < -0.4 is 47.4 Å². The molecule has 5 aromatic carbocycles. The van der Waals surface area contributed by atoms with Gasteiger partial charge in [-0.15, -0.1) is 0 Å². The van der Waals surface area contributed by atoms with E-state index in [4.69, 9.17) is 74.2 Å². The summed E-state index contributed by atoms with van der Waals surface area (Å²) in [5, 5.41) is 12.5. The van der Waals surface area contributed by atoms with Gasteiger partial charge in [-0.1, -0.05) is 104 Å². The number of nitrogens with zero attached hydrogens (tertiary/aromatic N) is 7. The number of imidazole rings is 1. The molecule has 0 spiro atoms. The molecule has 9 aromatic rings. The van der Waals surface area contributed by atoms with E-state index in [1.807, 2.05) is 111 Å². The molecular formula is C76H84Cl2N11O18P2. The van der Waals surface area contributed by atoms with Crippen LogP contribution in [0.25, 0.3) is 11.2 Å². The molecule has 3 aliphatic heterocycles. The van der Waals surface area contributed by atoms with E-state index in [9.17, 15) is 34.0 Å². The molecule has 2 unspecified atom stereocenters. The number of aromatic amines is 3. The van der Waals surface area contributed by atoms with Gasteiger partial charge >= 0.3 is 19.2 Å². The SMILES string of the molecule is COc1ccc(C(OC[C@@H]2O[C@@H](n3cc(C)c(=O)[nH]c3=O)C[C@H]2c2c[c]c(Cl)c(C)c2[C@H]2O[C@@H](n3cc(C)c(=O)[nH]c3=O)C[C@@H]2OP(=O)(OC[C@H]2O[C@@H](n3cnc4c(=O)[nH]c(NC(=O)C(C)C)nc43)C[C@@H]2OP(OCCC#N)N(C(C)C)C(C)C)Oc2ccccc2Cl)(c2ccccc2)c2ccc(OC)cc2)cc1. The number of H-pyrrole nitrogens is 3. The molecule has 29 nitrogen and oxygen atoms in total. The van der Waals surface area contributed by atoms with Gasteiger partial charge in [0.1, 0.15) is 59.8 Å². The Bertz CT molecular complexity index is 5110. The first-order valence-corrected chi connectivity index (χ1v) is 38.8. The van der Waals surface area contributed by atoms with Gasteiger partial charge in [0.15, 0.2) is 11.2 Å². The molecule has 3 aliphatic rings. The van der Waals surface area contributed by atoms with Gasteiger partial charge in [-0.2, -0.15) is 10.2 Å². The number of carbonyl (C=O) groups is 1. The van der Waals surface area contributed by atoms with Crippen LogP contribution in [0.5, 0.6) is 17.2 Å². The summed E-state index contributed by atoms with van der Waals surface area (Å²) in [6, 6.07) is 37.5. The number of carbonyl (C=O) groups excluding carboxylic acids is 1. The predicted octanol–water partition coefficient (Wildman–Crippen LogP) is 12.4. The van der Waals surface area contributed by atoms with Gasteiger partial charge in [-0.05, 0) is 124 Å². The summed E-state index contributed by atoms with van der Waals surface area (Å²) in [5.74, 6) is -0.802. The molecule has 4 N–H and O–H groups in total. The van der Waals surface area contributed by atoms with Crippen LogP contribution >= 0.6 is 39.6 Å². The number of benzene rings is 5. The second-order valence-corrected chi connectivity index (χ2v) is 31.2. The predicted molar refractivity (Wildman–Crippen MR) is 405 cm³/mol. The van der Waals surface area contributed by atoms with Crippen molar-refractivity contribution in [2.45, 2.75) is 161 Å². The molecule has 33 heteroatoms. The molecule has 7 heterocycles. The number of nitriles is 1. The summed E-state index contributed by atoms with van der Waals surface area (Å²) in [4.78, 5) is 97.4. The van der Waals surface area contributed by atoms with Crippen LogP contribution in [-0.2, 0) is 52.0 Å². The van der Waals surface area contributed by atoms with E-state index in [1.165, 1.54) is 51.5 Å². The number of phosphoric acid groups is 1. The van der Waals surface area contributed by atoms with Crippen molar-refractivity contribution in [1.29, 1.82) is 5.26 Å². The Labute approximate surface area is 638 Å². The van der Waals surface area contributed by atoms with E-state index in [-0.39, 0.29) is 95.0 Å². The van der Waals surface area contributed by atoms with Crippen LogP contribution in [-0.4, -0.2) is 120 Å². The Balaban J connectivity index is 0.978. The smallest absolute Gasteiger partial charge is 0.497 e. The van der Waals surface area contributed by atoms with Gasteiger partial charge in [0.05, 0.1) is 75.1 Å². The highest BCUT2D eigenvalue weighted by atomic mass is 35.5. The average Bonchev–Trinajstić information content (AvgIpc) is 1.74. The van der Waals surface area contributed by atoms with Crippen LogP contribution in [0, 0.1) is 44.1 Å². The number of phosphoric ester groups is 1.